The van der Waals surface area contributed by atoms with Gasteiger partial charge in [0, 0.05) is 17.6 Å². The van der Waals surface area contributed by atoms with E-state index in [0.29, 0.717) is 6.61 Å². The summed E-state index contributed by atoms with van der Waals surface area (Å²) in [6.45, 7) is 2.47. The van der Waals surface area contributed by atoms with Gasteiger partial charge in [0.05, 0.1) is 8.95 Å². The minimum atomic E-state index is 0.140. The van der Waals surface area contributed by atoms with E-state index in [-0.39, 0.29) is 6.04 Å². The summed E-state index contributed by atoms with van der Waals surface area (Å²) in [6, 6.07) is 4.23. The van der Waals surface area contributed by atoms with Gasteiger partial charge in [-0.15, -0.1) is 11.3 Å². The highest BCUT2D eigenvalue weighted by molar-refractivity contribution is 9.11. The summed E-state index contributed by atoms with van der Waals surface area (Å²) in [7, 11) is 0. The molecule has 2 N–H and O–H groups in total. The Bertz CT molecular complexity index is 521. The van der Waals surface area contributed by atoms with Gasteiger partial charge in [0.15, 0.2) is 0 Å². The molecule has 1 heterocycles. The van der Waals surface area contributed by atoms with Crippen LogP contribution in [0.2, 0.25) is 0 Å². The maximum Gasteiger partial charge on any atom is 0.148 e. The monoisotopic (exact) mass is 404 g/mol. The van der Waals surface area contributed by atoms with Crippen LogP contribution in [0.15, 0.2) is 32.7 Å². The lowest BCUT2D eigenvalue weighted by Crippen LogP contribution is -2.17. The summed E-state index contributed by atoms with van der Waals surface area (Å²) in [6.07, 6.45) is 2.61. The Labute approximate surface area is 133 Å². The van der Waals surface area contributed by atoms with Crippen LogP contribution in [0, 0.1) is 0 Å². The average molecular weight is 406 g/mol. The minimum absolute atomic E-state index is 0.140. The maximum absolute atomic E-state index is 5.82. The van der Waals surface area contributed by atoms with Crippen molar-refractivity contribution in [2.45, 2.75) is 26.0 Å². The molecule has 6 heteroatoms. The number of benzene rings is 1. The quantitative estimate of drug-likeness (QED) is 0.813. The number of aromatic nitrogens is 1. The van der Waals surface area contributed by atoms with Gasteiger partial charge < -0.3 is 10.5 Å². The first-order chi connectivity index (χ1) is 9.06. The molecule has 0 aliphatic rings. The van der Waals surface area contributed by atoms with Crippen molar-refractivity contribution in [2.75, 3.05) is 0 Å². The second kappa shape index (κ2) is 6.83. The van der Waals surface area contributed by atoms with Gasteiger partial charge in [-0.2, -0.15) is 0 Å². The van der Waals surface area contributed by atoms with Gasteiger partial charge in [0.2, 0.25) is 0 Å². The molecular formula is C13H14Br2N2OS. The van der Waals surface area contributed by atoms with Crippen LogP contribution in [0.1, 0.15) is 17.5 Å². The van der Waals surface area contributed by atoms with Gasteiger partial charge in [-0.25, -0.2) is 4.98 Å². The van der Waals surface area contributed by atoms with Crippen LogP contribution in [-0.4, -0.2) is 11.0 Å². The molecular weight excluding hydrogens is 392 g/mol. The van der Waals surface area contributed by atoms with Crippen LogP contribution >= 0.6 is 43.2 Å². The fourth-order valence-corrected chi connectivity index (χ4v) is 3.74. The molecule has 0 radical (unpaired) electrons. The van der Waals surface area contributed by atoms with Crippen LogP contribution in [0.25, 0.3) is 0 Å². The van der Waals surface area contributed by atoms with Gasteiger partial charge >= 0.3 is 0 Å². The molecule has 0 aliphatic heterocycles. The number of ether oxygens (including phenoxy) is 1. The molecule has 3 nitrogen and oxygen atoms in total. The second-order valence-electron chi connectivity index (χ2n) is 4.28. The normalized spacial score (nSPS) is 12.4. The van der Waals surface area contributed by atoms with E-state index < -0.39 is 0 Å². The molecule has 0 bridgehead atoms. The SMILES string of the molecule is CC(N)Cc1cc(Br)c(OCc2nccs2)c(Br)c1. The van der Waals surface area contributed by atoms with E-state index in [1.54, 1.807) is 17.5 Å². The molecule has 0 amide bonds. The van der Waals surface area contributed by atoms with Crippen molar-refractivity contribution in [3.63, 3.8) is 0 Å². The molecule has 102 valence electrons. The molecule has 1 atom stereocenters. The predicted octanol–water partition coefficient (Wildman–Crippen LogP) is 4.14. The Morgan fingerprint density at radius 3 is 2.58 bits per heavy atom. The molecule has 0 saturated heterocycles. The number of halogens is 2. The third kappa shape index (κ3) is 4.27. The molecule has 0 fully saturated rings. The number of rotatable bonds is 5. The summed E-state index contributed by atoms with van der Waals surface area (Å²) in [5.74, 6) is 0.795. The number of nitrogens with two attached hydrogens (primary N) is 1. The molecule has 2 rings (SSSR count). The zero-order valence-corrected chi connectivity index (χ0v) is 14.4. The van der Waals surface area contributed by atoms with Crippen LogP contribution < -0.4 is 10.5 Å². The third-order valence-corrected chi connectivity index (χ3v) is 4.37. The van der Waals surface area contributed by atoms with Gasteiger partial charge in [-0.05, 0) is 62.9 Å². The summed E-state index contributed by atoms with van der Waals surface area (Å²) in [5.41, 5.74) is 6.99. The number of nitrogens with zero attached hydrogens (tertiary/aromatic N) is 1. The van der Waals surface area contributed by atoms with Gasteiger partial charge in [-0.1, -0.05) is 0 Å². The molecule has 1 aromatic carbocycles. The first-order valence-corrected chi connectivity index (χ1v) is 8.27. The summed E-state index contributed by atoms with van der Waals surface area (Å²) in [5, 5.41) is 2.90. The molecule has 1 unspecified atom stereocenters. The van der Waals surface area contributed by atoms with Crippen molar-refractivity contribution in [1.29, 1.82) is 0 Å². The van der Waals surface area contributed by atoms with E-state index in [9.17, 15) is 0 Å². The van der Waals surface area contributed by atoms with Crippen molar-refractivity contribution >= 4 is 43.2 Å². The zero-order valence-electron chi connectivity index (χ0n) is 10.4. The summed E-state index contributed by atoms with van der Waals surface area (Å²) in [4.78, 5) is 4.19. The number of hydrogen-bond acceptors (Lipinski definition) is 4. The fourth-order valence-electron chi connectivity index (χ4n) is 1.70. The van der Waals surface area contributed by atoms with Crippen LogP contribution in [0.4, 0.5) is 0 Å². The van der Waals surface area contributed by atoms with Crippen LogP contribution in [-0.2, 0) is 13.0 Å². The summed E-state index contributed by atoms with van der Waals surface area (Å²) >= 11 is 8.66. The van der Waals surface area contributed by atoms with Crippen molar-refractivity contribution in [3.05, 3.63) is 43.2 Å². The van der Waals surface area contributed by atoms with Crippen molar-refractivity contribution in [2.24, 2.45) is 5.73 Å². The first-order valence-electron chi connectivity index (χ1n) is 5.81. The van der Waals surface area contributed by atoms with E-state index in [1.807, 2.05) is 24.4 Å². The molecule has 0 spiro atoms. The number of hydrogen-bond donors (Lipinski definition) is 1. The molecule has 1 aromatic heterocycles. The number of thiazole rings is 1. The van der Waals surface area contributed by atoms with E-state index in [4.69, 9.17) is 10.5 Å². The molecule has 0 saturated carbocycles. The van der Waals surface area contributed by atoms with Gasteiger partial charge in [0.25, 0.3) is 0 Å². The Morgan fingerprint density at radius 2 is 2.05 bits per heavy atom. The van der Waals surface area contributed by atoms with E-state index >= 15 is 0 Å². The molecule has 2 aromatic rings. The lowest BCUT2D eigenvalue weighted by molar-refractivity contribution is 0.301. The van der Waals surface area contributed by atoms with Crippen molar-refractivity contribution in [3.8, 4) is 5.75 Å². The van der Waals surface area contributed by atoms with Gasteiger partial charge in [-0.3, -0.25) is 0 Å². The van der Waals surface area contributed by atoms with E-state index in [2.05, 4.69) is 36.8 Å². The maximum atomic E-state index is 5.82. The third-order valence-electron chi connectivity index (χ3n) is 2.44. The average Bonchev–Trinajstić information content (AvgIpc) is 2.79. The van der Waals surface area contributed by atoms with Crippen molar-refractivity contribution in [1.82, 2.24) is 4.98 Å². The minimum Gasteiger partial charge on any atom is -0.484 e. The smallest absolute Gasteiger partial charge is 0.148 e. The fraction of sp³-hybridized carbons (Fsp3) is 0.308. The highest BCUT2D eigenvalue weighted by atomic mass is 79.9. The van der Waals surface area contributed by atoms with E-state index in [0.717, 1.165) is 26.1 Å². The van der Waals surface area contributed by atoms with Crippen LogP contribution in [0.5, 0.6) is 5.75 Å². The highest BCUT2D eigenvalue weighted by Crippen LogP contribution is 2.35. The Morgan fingerprint density at radius 1 is 1.37 bits per heavy atom. The lowest BCUT2D eigenvalue weighted by atomic mass is 10.1. The van der Waals surface area contributed by atoms with E-state index in [1.165, 1.54) is 5.56 Å². The molecule has 19 heavy (non-hydrogen) atoms. The zero-order chi connectivity index (χ0) is 13.8. The topological polar surface area (TPSA) is 48.1 Å². The Balaban J connectivity index is 2.12. The Kier molecular flexibility index (Phi) is 5.38. The highest BCUT2D eigenvalue weighted by Gasteiger charge is 2.11. The predicted molar refractivity (Wildman–Crippen MR) is 85.6 cm³/mol. The summed E-state index contributed by atoms with van der Waals surface area (Å²) < 4.78 is 7.64. The van der Waals surface area contributed by atoms with Crippen LogP contribution in [0.3, 0.4) is 0 Å². The lowest BCUT2D eigenvalue weighted by Gasteiger charge is -2.12. The largest absolute Gasteiger partial charge is 0.484 e. The first kappa shape index (κ1) is 15.0. The molecule has 0 aliphatic carbocycles. The van der Waals surface area contributed by atoms with Gasteiger partial charge in [0.1, 0.15) is 17.4 Å². The van der Waals surface area contributed by atoms with Crippen molar-refractivity contribution < 1.29 is 4.74 Å². The second-order valence-corrected chi connectivity index (χ2v) is 6.97. The standard InChI is InChI=1S/C13H14Br2N2OS/c1-8(16)4-9-5-10(14)13(11(15)6-9)18-7-12-17-2-3-19-12/h2-3,5-6,8H,4,7,16H2,1H3. The Hall–Kier alpha value is -0.430.